The van der Waals surface area contributed by atoms with Crippen molar-refractivity contribution >= 4 is 21.7 Å². The van der Waals surface area contributed by atoms with Crippen molar-refractivity contribution in [1.29, 1.82) is 0 Å². The molecule has 28 heavy (non-hydrogen) atoms. The normalized spacial score (nSPS) is 23.9. The molecule has 2 aliphatic rings. The number of hydrogen-bond acceptors (Lipinski definition) is 5. The maximum Gasteiger partial charge on any atom is 0.317 e. The minimum absolute atomic E-state index is 0.0601. The zero-order valence-corrected chi connectivity index (χ0v) is 17.0. The van der Waals surface area contributed by atoms with E-state index < -0.39 is 39.3 Å². The van der Waals surface area contributed by atoms with Crippen LogP contribution in [0.2, 0.25) is 0 Å². The summed E-state index contributed by atoms with van der Waals surface area (Å²) in [6.07, 6.45) is 2.27. The molecule has 1 amide bonds. The number of halogens is 1. The first kappa shape index (κ1) is 20.8. The van der Waals surface area contributed by atoms with Crippen molar-refractivity contribution in [1.82, 2.24) is 4.90 Å². The Balaban J connectivity index is 1.71. The van der Waals surface area contributed by atoms with Gasteiger partial charge in [-0.15, -0.1) is 0 Å². The Kier molecular flexibility index (Phi) is 5.79. The van der Waals surface area contributed by atoms with Gasteiger partial charge in [0.2, 0.25) is 0 Å². The van der Waals surface area contributed by atoms with Gasteiger partial charge in [-0.2, -0.15) is 0 Å². The molecule has 2 atom stereocenters. The van der Waals surface area contributed by atoms with Gasteiger partial charge in [-0.3, -0.25) is 9.59 Å². The fourth-order valence-electron chi connectivity index (χ4n) is 4.23. The number of benzene rings is 1. The molecule has 154 valence electrons. The summed E-state index contributed by atoms with van der Waals surface area (Å²) in [7, 11) is -1.57. The van der Waals surface area contributed by atoms with Gasteiger partial charge in [0.15, 0.2) is 15.9 Å². The maximum absolute atomic E-state index is 13.3. The molecule has 0 N–H and O–H groups in total. The minimum atomic E-state index is -3.12. The van der Waals surface area contributed by atoms with Gasteiger partial charge in [0, 0.05) is 13.1 Å². The number of carbonyl (C=O) groups is 2. The quantitative estimate of drug-likeness (QED) is 0.694. The first-order valence-corrected chi connectivity index (χ1v) is 11.4. The van der Waals surface area contributed by atoms with Crippen LogP contribution in [-0.2, 0) is 29.6 Å². The summed E-state index contributed by atoms with van der Waals surface area (Å²) < 4.78 is 42.2. The minimum Gasteiger partial charge on any atom is -0.452 e. The van der Waals surface area contributed by atoms with Crippen LogP contribution >= 0.6 is 0 Å². The molecule has 1 aliphatic carbocycles. The molecule has 0 aromatic heterocycles. The van der Waals surface area contributed by atoms with Gasteiger partial charge in [-0.25, -0.2) is 12.8 Å². The van der Waals surface area contributed by atoms with Crippen LogP contribution in [0.5, 0.6) is 0 Å². The van der Waals surface area contributed by atoms with E-state index in [0.29, 0.717) is 24.8 Å². The van der Waals surface area contributed by atoms with Crippen LogP contribution in [0.3, 0.4) is 0 Å². The number of rotatable bonds is 5. The fourth-order valence-corrected chi connectivity index (χ4v) is 6.00. The van der Waals surface area contributed by atoms with E-state index in [2.05, 4.69) is 0 Å². The van der Waals surface area contributed by atoms with Crippen LogP contribution in [0.4, 0.5) is 4.39 Å². The molecule has 0 spiro atoms. The van der Waals surface area contributed by atoms with E-state index >= 15 is 0 Å². The highest BCUT2D eigenvalue weighted by atomic mass is 32.2. The molecule has 1 aromatic carbocycles. The molecule has 1 heterocycles. The number of hydrogen-bond donors (Lipinski definition) is 0. The highest BCUT2D eigenvalue weighted by Gasteiger charge is 2.45. The first-order valence-electron chi connectivity index (χ1n) is 9.59. The molecule has 1 aromatic rings. The lowest BCUT2D eigenvalue weighted by molar-refractivity contribution is -0.164. The Labute approximate surface area is 165 Å². The van der Waals surface area contributed by atoms with Crippen molar-refractivity contribution in [3.05, 3.63) is 35.6 Å². The third kappa shape index (κ3) is 4.06. The molecule has 1 aliphatic heterocycles. The van der Waals surface area contributed by atoms with E-state index in [1.807, 2.05) is 0 Å². The average Bonchev–Trinajstić information content (AvgIpc) is 3.28. The summed E-state index contributed by atoms with van der Waals surface area (Å²) in [5.41, 5.74) is -0.163. The van der Waals surface area contributed by atoms with Gasteiger partial charge in [0.1, 0.15) is 5.82 Å². The third-order valence-corrected chi connectivity index (χ3v) is 7.73. The third-order valence-electron chi connectivity index (χ3n) is 5.98. The van der Waals surface area contributed by atoms with E-state index in [9.17, 15) is 22.4 Å². The number of sulfone groups is 1. The number of nitrogens with zero attached hydrogens (tertiary/aromatic N) is 1. The van der Waals surface area contributed by atoms with E-state index in [1.54, 1.807) is 19.2 Å². The second kappa shape index (κ2) is 7.81. The van der Waals surface area contributed by atoms with E-state index in [0.717, 1.165) is 12.8 Å². The van der Waals surface area contributed by atoms with Crippen molar-refractivity contribution in [3.8, 4) is 0 Å². The summed E-state index contributed by atoms with van der Waals surface area (Å²) in [6.45, 7) is 1.51. The molecular formula is C20H26FNO5S. The van der Waals surface area contributed by atoms with Crippen LogP contribution < -0.4 is 0 Å². The Morgan fingerprint density at radius 2 is 1.82 bits per heavy atom. The summed E-state index contributed by atoms with van der Waals surface area (Å²) >= 11 is 0. The number of amides is 1. The molecule has 0 bridgehead atoms. The van der Waals surface area contributed by atoms with Crippen LogP contribution in [0.1, 0.15) is 44.6 Å². The summed E-state index contributed by atoms with van der Waals surface area (Å²) in [5, 5.41) is 0. The largest absolute Gasteiger partial charge is 0.452 e. The zero-order valence-electron chi connectivity index (χ0n) is 16.2. The van der Waals surface area contributed by atoms with Gasteiger partial charge in [-0.1, -0.05) is 25.0 Å². The number of carbonyl (C=O) groups excluding carboxylic acids is 2. The molecule has 2 fully saturated rings. The van der Waals surface area contributed by atoms with E-state index in [4.69, 9.17) is 4.74 Å². The Morgan fingerprint density at radius 3 is 2.36 bits per heavy atom. The molecule has 3 rings (SSSR count). The smallest absolute Gasteiger partial charge is 0.317 e. The predicted molar refractivity (Wildman–Crippen MR) is 102 cm³/mol. The van der Waals surface area contributed by atoms with Crippen molar-refractivity contribution in [2.24, 2.45) is 0 Å². The second-order valence-corrected chi connectivity index (χ2v) is 10.1. The molecule has 8 heteroatoms. The van der Waals surface area contributed by atoms with Gasteiger partial charge in [-0.05, 0) is 43.9 Å². The molecule has 0 radical (unpaired) electrons. The number of ether oxygens (including phenoxy) is 1. The van der Waals surface area contributed by atoms with Crippen LogP contribution in [0.25, 0.3) is 0 Å². The molecule has 6 nitrogen and oxygen atoms in total. The SMILES string of the molecule is C[C@@H](OC(=O)C1(c2ccc(F)cc2)CCCC1)C(=O)N(C)[C@H]1CCS(=O)(=O)C1. The molecule has 0 unspecified atom stereocenters. The topological polar surface area (TPSA) is 80.8 Å². The Hall–Kier alpha value is -1.96. The van der Waals surface area contributed by atoms with Crippen LogP contribution in [0, 0.1) is 5.82 Å². The van der Waals surface area contributed by atoms with E-state index in [1.165, 1.54) is 24.0 Å². The van der Waals surface area contributed by atoms with Crippen molar-refractivity contribution < 1.29 is 27.1 Å². The monoisotopic (exact) mass is 411 g/mol. The number of likely N-dealkylation sites (N-methyl/N-ethyl adjacent to an activating group) is 1. The second-order valence-electron chi connectivity index (χ2n) is 7.85. The standard InChI is InChI=1S/C20H26FNO5S/c1-14(18(23)22(2)17-9-12-28(25,26)13-17)27-19(24)20(10-3-4-11-20)15-5-7-16(21)8-6-15/h5-8,14,17H,3-4,9-13H2,1-2H3/t14-,17+/m1/s1. The lowest BCUT2D eigenvalue weighted by Gasteiger charge is -2.31. The van der Waals surface area contributed by atoms with Crippen molar-refractivity contribution in [2.75, 3.05) is 18.6 Å². The van der Waals surface area contributed by atoms with Crippen LogP contribution in [-0.4, -0.2) is 55.9 Å². The van der Waals surface area contributed by atoms with Crippen molar-refractivity contribution in [2.45, 2.75) is 56.6 Å². The summed E-state index contributed by atoms with van der Waals surface area (Å²) in [6, 6.07) is 5.46. The zero-order chi connectivity index (χ0) is 20.5. The van der Waals surface area contributed by atoms with Gasteiger partial charge in [0.05, 0.1) is 16.9 Å². The first-order chi connectivity index (χ1) is 13.1. The fraction of sp³-hybridized carbons (Fsp3) is 0.600. The highest BCUT2D eigenvalue weighted by molar-refractivity contribution is 7.91. The molecule has 1 saturated heterocycles. The Morgan fingerprint density at radius 1 is 1.21 bits per heavy atom. The summed E-state index contributed by atoms with van der Waals surface area (Å²) in [5.74, 6) is -1.26. The van der Waals surface area contributed by atoms with Gasteiger partial charge >= 0.3 is 5.97 Å². The van der Waals surface area contributed by atoms with Gasteiger partial charge < -0.3 is 9.64 Å². The number of esters is 1. The highest BCUT2D eigenvalue weighted by Crippen LogP contribution is 2.42. The van der Waals surface area contributed by atoms with E-state index in [-0.39, 0.29) is 17.3 Å². The average molecular weight is 411 g/mol. The predicted octanol–water partition coefficient (Wildman–Crippen LogP) is 2.21. The maximum atomic E-state index is 13.3. The van der Waals surface area contributed by atoms with Crippen molar-refractivity contribution in [3.63, 3.8) is 0 Å². The molecular weight excluding hydrogens is 385 g/mol. The van der Waals surface area contributed by atoms with Crippen LogP contribution in [0.15, 0.2) is 24.3 Å². The molecule has 1 saturated carbocycles. The lowest BCUT2D eigenvalue weighted by Crippen LogP contribution is -2.46. The lowest BCUT2D eigenvalue weighted by atomic mass is 9.79. The van der Waals surface area contributed by atoms with Gasteiger partial charge in [0.25, 0.3) is 5.91 Å². The Bertz CT molecular complexity index is 846. The summed E-state index contributed by atoms with van der Waals surface area (Å²) in [4.78, 5) is 27.1.